The fraction of sp³-hybridized carbons (Fsp3) is 0.125. The van der Waals surface area contributed by atoms with Crippen LogP contribution in [-0.4, -0.2) is 28.1 Å². The predicted octanol–water partition coefficient (Wildman–Crippen LogP) is 6.63. The van der Waals surface area contributed by atoms with E-state index in [4.69, 9.17) is 4.74 Å². The first kappa shape index (κ1) is 24.1. The third kappa shape index (κ3) is 4.08. The van der Waals surface area contributed by atoms with E-state index in [1.54, 1.807) is 0 Å². The molecule has 5 heteroatoms. The number of fused-ring (bicyclic) bond motifs is 3. The normalized spacial score (nSPS) is 13.6. The minimum absolute atomic E-state index is 0.0186. The predicted molar refractivity (Wildman–Crippen MR) is 143 cm³/mol. The highest BCUT2D eigenvalue weighted by molar-refractivity contribution is 5.89. The molecule has 5 rings (SSSR count). The molecular weight excluding hydrogens is 462 g/mol. The summed E-state index contributed by atoms with van der Waals surface area (Å²) in [7, 11) is 0. The Morgan fingerprint density at radius 1 is 0.811 bits per heavy atom. The van der Waals surface area contributed by atoms with Gasteiger partial charge in [-0.1, -0.05) is 115 Å². The molecule has 0 radical (unpaired) electrons. The highest BCUT2D eigenvalue weighted by Gasteiger charge is 2.54. The molecule has 0 bridgehead atoms. The summed E-state index contributed by atoms with van der Waals surface area (Å²) >= 11 is 0. The minimum Gasteiger partial charge on any atom is -0.480 e. The molecule has 0 spiro atoms. The Balaban J connectivity index is 1.78. The number of aliphatic carboxylic acids is 1. The molecule has 5 nitrogen and oxygen atoms in total. The molecule has 0 aromatic heterocycles. The summed E-state index contributed by atoms with van der Waals surface area (Å²) in [5, 5.41) is 10.4. The molecule has 1 atom stereocenters. The molecule has 0 aliphatic heterocycles. The second-order valence-electron chi connectivity index (χ2n) is 8.96. The zero-order valence-corrected chi connectivity index (χ0v) is 20.3. The van der Waals surface area contributed by atoms with Crippen molar-refractivity contribution < 1.29 is 19.4 Å². The van der Waals surface area contributed by atoms with Crippen molar-refractivity contribution in [1.82, 2.24) is 4.90 Å². The first-order valence-electron chi connectivity index (χ1n) is 12.2. The number of hydrogen-bond acceptors (Lipinski definition) is 3. The Bertz CT molecular complexity index is 1390. The van der Waals surface area contributed by atoms with Crippen LogP contribution in [-0.2, 0) is 21.7 Å². The zero-order chi connectivity index (χ0) is 25.8. The smallest absolute Gasteiger partial charge is 0.412 e. The molecule has 37 heavy (non-hydrogen) atoms. The molecule has 184 valence electrons. The first-order chi connectivity index (χ1) is 18.1. The Hall–Kier alpha value is -4.64. The average molecular weight is 490 g/mol. The van der Waals surface area contributed by atoms with Crippen molar-refractivity contribution in [2.45, 2.75) is 24.6 Å². The van der Waals surface area contributed by atoms with E-state index in [-0.39, 0.29) is 13.0 Å². The van der Waals surface area contributed by atoms with Crippen molar-refractivity contribution in [3.8, 4) is 11.1 Å². The average Bonchev–Trinajstić information content (AvgIpc) is 3.24. The topological polar surface area (TPSA) is 66.8 Å². The summed E-state index contributed by atoms with van der Waals surface area (Å²) < 4.78 is 5.85. The second kappa shape index (κ2) is 10.2. The summed E-state index contributed by atoms with van der Waals surface area (Å²) in [5.41, 5.74) is 3.92. The molecular formula is C32H27NO4. The molecule has 0 heterocycles. The second-order valence-corrected chi connectivity index (χ2v) is 8.96. The number of hydrogen-bond donors (Lipinski definition) is 1. The van der Waals surface area contributed by atoms with Crippen LogP contribution in [0.2, 0.25) is 0 Å². The lowest BCUT2D eigenvalue weighted by Crippen LogP contribution is -2.57. The van der Waals surface area contributed by atoms with Gasteiger partial charge >= 0.3 is 12.1 Å². The van der Waals surface area contributed by atoms with Crippen LogP contribution >= 0.6 is 0 Å². The Labute approximate surface area is 216 Å². The molecule has 1 unspecified atom stereocenters. The molecule has 4 aromatic carbocycles. The van der Waals surface area contributed by atoms with Gasteiger partial charge < -0.3 is 9.84 Å². The van der Waals surface area contributed by atoms with Crippen LogP contribution in [0.5, 0.6) is 0 Å². The van der Waals surface area contributed by atoms with E-state index in [0.717, 1.165) is 33.4 Å². The first-order valence-corrected chi connectivity index (χ1v) is 12.2. The highest BCUT2D eigenvalue weighted by Crippen LogP contribution is 2.55. The summed E-state index contributed by atoms with van der Waals surface area (Å²) in [6.45, 7) is 3.81. The van der Waals surface area contributed by atoms with Gasteiger partial charge in [0.05, 0.1) is 0 Å². The minimum atomic E-state index is -1.23. The molecule has 4 aromatic rings. The molecule has 1 amide bonds. The van der Waals surface area contributed by atoms with Gasteiger partial charge in [0, 0.05) is 0 Å². The number of rotatable bonds is 8. The number of nitrogens with zero attached hydrogens (tertiary/aromatic N) is 1. The van der Waals surface area contributed by atoms with Crippen LogP contribution in [0, 0.1) is 0 Å². The number of carboxylic acid groups (broad SMARTS) is 1. The van der Waals surface area contributed by atoms with Crippen molar-refractivity contribution in [3.63, 3.8) is 0 Å². The number of benzene rings is 4. The van der Waals surface area contributed by atoms with Gasteiger partial charge in [-0.25, -0.2) is 9.59 Å². The fourth-order valence-electron chi connectivity index (χ4n) is 5.36. The van der Waals surface area contributed by atoms with Crippen molar-refractivity contribution in [2.24, 2.45) is 0 Å². The van der Waals surface area contributed by atoms with Gasteiger partial charge in [0.15, 0.2) is 0 Å². The van der Waals surface area contributed by atoms with Gasteiger partial charge in [-0.2, -0.15) is 0 Å². The van der Waals surface area contributed by atoms with Gasteiger partial charge in [-0.3, -0.25) is 4.90 Å². The molecule has 1 aliphatic rings. The maximum absolute atomic E-state index is 14.1. The van der Waals surface area contributed by atoms with E-state index in [2.05, 4.69) is 6.58 Å². The number of amides is 1. The third-order valence-electron chi connectivity index (χ3n) is 6.87. The highest BCUT2D eigenvalue weighted by atomic mass is 16.6. The Morgan fingerprint density at radius 2 is 1.32 bits per heavy atom. The van der Waals surface area contributed by atoms with E-state index in [1.165, 1.54) is 11.0 Å². The van der Waals surface area contributed by atoms with Crippen LogP contribution < -0.4 is 0 Å². The van der Waals surface area contributed by atoms with Crippen molar-refractivity contribution >= 4 is 12.1 Å². The van der Waals surface area contributed by atoms with E-state index in [0.29, 0.717) is 0 Å². The summed E-state index contributed by atoms with van der Waals surface area (Å²) in [6.07, 6.45) is 0.865. The zero-order valence-electron chi connectivity index (χ0n) is 20.3. The molecule has 0 saturated heterocycles. The fourth-order valence-corrected chi connectivity index (χ4v) is 5.36. The maximum Gasteiger partial charge on any atom is 0.412 e. The van der Waals surface area contributed by atoms with Crippen LogP contribution in [0.15, 0.2) is 122 Å². The van der Waals surface area contributed by atoms with Gasteiger partial charge in [0.1, 0.15) is 18.2 Å². The van der Waals surface area contributed by atoms with E-state index in [1.807, 2.05) is 109 Å². The Kier molecular flexibility index (Phi) is 6.60. The lowest BCUT2D eigenvalue weighted by molar-refractivity contribution is -0.144. The van der Waals surface area contributed by atoms with Crippen molar-refractivity contribution in [2.75, 3.05) is 0 Å². The van der Waals surface area contributed by atoms with E-state index in [9.17, 15) is 14.7 Å². The lowest BCUT2D eigenvalue weighted by Gasteiger charge is -2.45. The van der Waals surface area contributed by atoms with Gasteiger partial charge in [-0.05, 0) is 39.8 Å². The quantitative estimate of drug-likeness (QED) is 0.282. The molecule has 1 N–H and O–H groups in total. The van der Waals surface area contributed by atoms with Crippen LogP contribution in [0.4, 0.5) is 4.79 Å². The third-order valence-corrected chi connectivity index (χ3v) is 6.87. The summed E-state index contributed by atoms with van der Waals surface area (Å²) in [6, 6.07) is 33.4. The van der Waals surface area contributed by atoms with Crippen molar-refractivity contribution in [3.05, 3.63) is 144 Å². The van der Waals surface area contributed by atoms with Crippen molar-refractivity contribution in [1.29, 1.82) is 0 Å². The summed E-state index contributed by atoms with van der Waals surface area (Å²) in [4.78, 5) is 28.3. The molecule has 1 aliphatic carbocycles. The van der Waals surface area contributed by atoms with Gasteiger partial charge in [0.2, 0.25) is 0 Å². The van der Waals surface area contributed by atoms with E-state index < -0.39 is 23.6 Å². The van der Waals surface area contributed by atoms with Crippen LogP contribution in [0.1, 0.15) is 28.7 Å². The number of carbonyl (C=O) groups is 2. The summed E-state index contributed by atoms with van der Waals surface area (Å²) in [5.74, 6) is -1.13. The largest absolute Gasteiger partial charge is 0.480 e. The van der Waals surface area contributed by atoms with Crippen LogP contribution in [0.3, 0.4) is 0 Å². The SMILES string of the molecule is C=CCC(C(=O)O)N(C(=O)OCc1ccccc1)C1(c2ccccc2)c2ccccc2-c2ccccc21. The van der Waals surface area contributed by atoms with Gasteiger partial charge in [-0.15, -0.1) is 6.58 Å². The Morgan fingerprint density at radius 3 is 1.86 bits per heavy atom. The lowest BCUT2D eigenvalue weighted by atomic mass is 9.78. The molecule has 0 fully saturated rings. The maximum atomic E-state index is 14.1. The van der Waals surface area contributed by atoms with E-state index >= 15 is 0 Å². The number of carbonyl (C=O) groups excluding carboxylic acids is 1. The van der Waals surface area contributed by atoms with Gasteiger partial charge in [0.25, 0.3) is 0 Å². The monoisotopic (exact) mass is 489 g/mol. The van der Waals surface area contributed by atoms with Crippen LogP contribution in [0.25, 0.3) is 11.1 Å². The standard InChI is InChI=1S/C32H27NO4/c1-2-13-29(30(34)35)33(31(36)37-22-23-14-5-3-6-15-23)32(24-16-7-4-8-17-24)27-20-11-9-18-25(27)26-19-10-12-21-28(26)32/h2-12,14-21,29H,1,13,22H2,(H,34,35). The molecule has 0 saturated carbocycles. The number of ether oxygens (including phenoxy) is 1. The number of carboxylic acids is 1.